The van der Waals surface area contributed by atoms with Crippen LogP contribution in [-0.2, 0) is 6.54 Å². The first-order chi connectivity index (χ1) is 10.7. The summed E-state index contributed by atoms with van der Waals surface area (Å²) in [5.74, 6) is 1.17. The van der Waals surface area contributed by atoms with Crippen LogP contribution < -0.4 is 14.8 Å². The fourth-order valence-corrected chi connectivity index (χ4v) is 2.17. The molecule has 0 spiro atoms. The van der Waals surface area contributed by atoms with Gasteiger partial charge in [-0.2, -0.15) is 5.26 Å². The second-order valence-corrected chi connectivity index (χ2v) is 4.69. The third kappa shape index (κ3) is 3.48. The standard InChI is InChI=1S/C17H18N2O3/c1-21-16-6-4-3-5-13(16)11-19-14(10-18)12-7-8-15(20)17(9-12)22-2/h3-9,14,19-20H,11H2,1-2H3. The summed E-state index contributed by atoms with van der Waals surface area (Å²) >= 11 is 0. The summed E-state index contributed by atoms with van der Waals surface area (Å²) in [5.41, 5.74) is 1.70. The van der Waals surface area contributed by atoms with Gasteiger partial charge in [-0.25, -0.2) is 0 Å². The molecule has 0 radical (unpaired) electrons. The molecule has 2 N–H and O–H groups in total. The zero-order valence-electron chi connectivity index (χ0n) is 12.5. The lowest BCUT2D eigenvalue weighted by Gasteiger charge is -2.15. The minimum absolute atomic E-state index is 0.0488. The summed E-state index contributed by atoms with van der Waals surface area (Å²) in [6.45, 7) is 0.491. The van der Waals surface area contributed by atoms with Crippen molar-refractivity contribution in [2.45, 2.75) is 12.6 Å². The third-order valence-corrected chi connectivity index (χ3v) is 3.36. The van der Waals surface area contributed by atoms with E-state index in [1.807, 2.05) is 24.3 Å². The number of rotatable bonds is 6. The number of nitrogens with zero attached hydrogens (tertiary/aromatic N) is 1. The Bertz CT molecular complexity index is 680. The SMILES string of the molecule is COc1cc(C(C#N)NCc2ccccc2OC)ccc1O. The van der Waals surface area contributed by atoms with Crippen molar-refractivity contribution in [3.63, 3.8) is 0 Å². The lowest BCUT2D eigenvalue weighted by atomic mass is 10.1. The van der Waals surface area contributed by atoms with Gasteiger partial charge in [-0.1, -0.05) is 24.3 Å². The second-order valence-electron chi connectivity index (χ2n) is 4.69. The molecule has 0 heterocycles. The van der Waals surface area contributed by atoms with Crippen LogP contribution in [0.2, 0.25) is 0 Å². The van der Waals surface area contributed by atoms with Gasteiger partial charge in [-0.05, 0) is 23.8 Å². The Morgan fingerprint density at radius 1 is 1.14 bits per heavy atom. The van der Waals surface area contributed by atoms with Crippen LogP contribution in [0.15, 0.2) is 42.5 Å². The van der Waals surface area contributed by atoms with Crippen LogP contribution in [0.5, 0.6) is 17.2 Å². The van der Waals surface area contributed by atoms with E-state index in [1.54, 1.807) is 19.2 Å². The minimum atomic E-state index is -0.514. The molecule has 2 aromatic rings. The molecule has 0 bridgehead atoms. The van der Waals surface area contributed by atoms with Gasteiger partial charge in [0.25, 0.3) is 0 Å². The molecule has 0 aromatic heterocycles. The van der Waals surface area contributed by atoms with Crippen LogP contribution in [0.1, 0.15) is 17.2 Å². The van der Waals surface area contributed by atoms with Crippen molar-refractivity contribution in [3.05, 3.63) is 53.6 Å². The van der Waals surface area contributed by atoms with Gasteiger partial charge in [0.05, 0.1) is 20.3 Å². The number of methoxy groups -OCH3 is 2. The van der Waals surface area contributed by atoms with E-state index in [0.717, 1.165) is 16.9 Å². The van der Waals surface area contributed by atoms with Crippen LogP contribution >= 0.6 is 0 Å². The quantitative estimate of drug-likeness (QED) is 0.857. The number of aromatic hydroxyl groups is 1. The van der Waals surface area contributed by atoms with Gasteiger partial charge in [0.15, 0.2) is 11.5 Å². The van der Waals surface area contributed by atoms with E-state index in [0.29, 0.717) is 12.3 Å². The third-order valence-electron chi connectivity index (χ3n) is 3.36. The number of ether oxygens (including phenoxy) is 2. The maximum Gasteiger partial charge on any atom is 0.160 e. The Morgan fingerprint density at radius 2 is 1.86 bits per heavy atom. The van der Waals surface area contributed by atoms with Crippen LogP contribution in [0.25, 0.3) is 0 Å². The van der Waals surface area contributed by atoms with Crippen molar-refractivity contribution in [3.8, 4) is 23.3 Å². The molecule has 0 saturated carbocycles. The molecule has 0 aliphatic carbocycles. The van der Waals surface area contributed by atoms with Gasteiger partial charge in [-0.15, -0.1) is 0 Å². The highest BCUT2D eigenvalue weighted by molar-refractivity contribution is 5.44. The van der Waals surface area contributed by atoms with Gasteiger partial charge < -0.3 is 14.6 Å². The lowest BCUT2D eigenvalue weighted by molar-refractivity contribution is 0.372. The van der Waals surface area contributed by atoms with Crippen molar-refractivity contribution < 1.29 is 14.6 Å². The first-order valence-corrected chi connectivity index (χ1v) is 6.81. The van der Waals surface area contributed by atoms with Crippen molar-refractivity contribution in [2.75, 3.05) is 14.2 Å². The average molecular weight is 298 g/mol. The summed E-state index contributed by atoms with van der Waals surface area (Å²) in [5, 5.41) is 22.2. The van der Waals surface area contributed by atoms with Crippen LogP contribution in [0.4, 0.5) is 0 Å². The molecule has 1 unspecified atom stereocenters. The Morgan fingerprint density at radius 3 is 2.55 bits per heavy atom. The maximum atomic E-state index is 9.62. The zero-order valence-corrected chi connectivity index (χ0v) is 12.5. The van der Waals surface area contributed by atoms with E-state index < -0.39 is 6.04 Å². The Labute approximate surface area is 129 Å². The number of nitriles is 1. The van der Waals surface area contributed by atoms with E-state index in [4.69, 9.17) is 9.47 Å². The highest BCUT2D eigenvalue weighted by Gasteiger charge is 2.13. The summed E-state index contributed by atoms with van der Waals surface area (Å²) < 4.78 is 10.4. The Kier molecular flexibility index (Phi) is 5.23. The highest BCUT2D eigenvalue weighted by Crippen LogP contribution is 2.29. The molecule has 5 heteroatoms. The van der Waals surface area contributed by atoms with E-state index in [1.165, 1.54) is 13.2 Å². The fraction of sp³-hybridized carbons (Fsp3) is 0.235. The second kappa shape index (κ2) is 7.34. The summed E-state index contributed by atoms with van der Waals surface area (Å²) in [6.07, 6.45) is 0. The topological polar surface area (TPSA) is 74.5 Å². The Hall–Kier alpha value is -2.71. The molecule has 0 aliphatic heterocycles. The zero-order chi connectivity index (χ0) is 15.9. The number of para-hydroxylation sites is 1. The van der Waals surface area contributed by atoms with Gasteiger partial charge in [0, 0.05) is 12.1 Å². The predicted octanol–water partition coefficient (Wildman–Crippen LogP) is 2.76. The van der Waals surface area contributed by atoms with E-state index in [-0.39, 0.29) is 5.75 Å². The largest absolute Gasteiger partial charge is 0.504 e. The predicted molar refractivity (Wildman–Crippen MR) is 82.8 cm³/mol. The number of nitrogens with one attached hydrogen (secondary N) is 1. The van der Waals surface area contributed by atoms with Crippen molar-refractivity contribution in [1.29, 1.82) is 5.26 Å². The van der Waals surface area contributed by atoms with Crippen molar-refractivity contribution >= 4 is 0 Å². The number of phenolic OH excluding ortho intramolecular Hbond substituents is 1. The molecule has 2 aromatic carbocycles. The van der Waals surface area contributed by atoms with Crippen LogP contribution in [0.3, 0.4) is 0 Å². The normalized spacial score (nSPS) is 11.5. The maximum absolute atomic E-state index is 9.62. The van der Waals surface area contributed by atoms with Crippen molar-refractivity contribution in [1.82, 2.24) is 5.32 Å². The molecule has 0 amide bonds. The lowest BCUT2D eigenvalue weighted by Crippen LogP contribution is -2.19. The molecule has 0 fully saturated rings. The fourth-order valence-electron chi connectivity index (χ4n) is 2.17. The molecule has 114 valence electrons. The monoisotopic (exact) mass is 298 g/mol. The molecule has 1 atom stereocenters. The van der Waals surface area contributed by atoms with Gasteiger partial charge in [0.2, 0.25) is 0 Å². The molecule has 0 saturated heterocycles. The summed E-state index contributed by atoms with van der Waals surface area (Å²) in [6, 6.07) is 14.2. The molecular formula is C17H18N2O3. The van der Waals surface area contributed by atoms with Crippen molar-refractivity contribution in [2.24, 2.45) is 0 Å². The minimum Gasteiger partial charge on any atom is -0.504 e. The van der Waals surface area contributed by atoms with E-state index in [9.17, 15) is 10.4 Å². The number of hydrogen-bond acceptors (Lipinski definition) is 5. The van der Waals surface area contributed by atoms with Crippen LogP contribution in [-0.4, -0.2) is 19.3 Å². The van der Waals surface area contributed by atoms with E-state index in [2.05, 4.69) is 11.4 Å². The number of hydrogen-bond donors (Lipinski definition) is 2. The summed E-state index contributed by atoms with van der Waals surface area (Å²) in [4.78, 5) is 0. The molecule has 0 aliphatic rings. The smallest absolute Gasteiger partial charge is 0.160 e. The first kappa shape index (κ1) is 15.7. The Balaban J connectivity index is 2.15. The van der Waals surface area contributed by atoms with Gasteiger partial charge in [0.1, 0.15) is 11.8 Å². The molecule has 22 heavy (non-hydrogen) atoms. The average Bonchev–Trinajstić information content (AvgIpc) is 2.57. The first-order valence-electron chi connectivity index (χ1n) is 6.81. The molecule has 2 rings (SSSR count). The number of benzene rings is 2. The van der Waals surface area contributed by atoms with Gasteiger partial charge >= 0.3 is 0 Å². The van der Waals surface area contributed by atoms with E-state index >= 15 is 0 Å². The van der Waals surface area contributed by atoms with Gasteiger partial charge in [-0.3, -0.25) is 5.32 Å². The number of phenols is 1. The van der Waals surface area contributed by atoms with Crippen LogP contribution in [0, 0.1) is 11.3 Å². The summed E-state index contributed by atoms with van der Waals surface area (Å²) in [7, 11) is 3.09. The molecule has 5 nitrogen and oxygen atoms in total. The highest BCUT2D eigenvalue weighted by atomic mass is 16.5. The molecular weight excluding hydrogens is 280 g/mol.